The first-order valence-corrected chi connectivity index (χ1v) is 10.4. The number of hydrogen-bond acceptors (Lipinski definition) is 2. The molecule has 0 radical (unpaired) electrons. The van der Waals surface area contributed by atoms with Gasteiger partial charge in [0.15, 0.2) is 0 Å². The van der Waals surface area contributed by atoms with Gasteiger partial charge in [0.2, 0.25) is 5.91 Å². The van der Waals surface area contributed by atoms with Crippen LogP contribution in [0.15, 0.2) is 60.7 Å². The number of aryl methyl sites for hydroxylation is 1. The third kappa shape index (κ3) is 4.82. The molecule has 2 aromatic carbocycles. The van der Waals surface area contributed by atoms with Crippen LogP contribution in [0, 0.1) is 0 Å². The van der Waals surface area contributed by atoms with Gasteiger partial charge in [0, 0.05) is 30.2 Å². The highest BCUT2D eigenvalue weighted by atomic mass is 16.2. The molecule has 146 valence electrons. The minimum absolute atomic E-state index is 0.144. The molecule has 4 rings (SSSR count). The molecular weight excluding hydrogens is 346 g/mol. The average molecular weight is 376 g/mol. The zero-order valence-electron chi connectivity index (χ0n) is 16.4. The minimum Gasteiger partial charge on any atom is -0.358 e. The van der Waals surface area contributed by atoms with E-state index in [1.165, 1.54) is 28.6 Å². The van der Waals surface area contributed by atoms with Gasteiger partial charge in [-0.1, -0.05) is 48.5 Å². The van der Waals surface area contributed by atoms with Crippen LogP contribution in [0.3, 0.4) is 0 Å². The standard InChI is InChI=1S/C24H29N3O/c28-24(25-14-6-10-19-8-2-1-3-9-19)18-27-15-7-12-21(17-27)23-16-20-11-4-5-13-22(20)26-23/h1-5,8-9,11,13,16,21,26H,6-7,10,12,14-15,17-18H2,(H,25,28)/t21-/m0/s1. The van der Waals surface area contributed by atoms with E-state index in [-0.39, 0.29) is 5.91 Å². The number of benzene rings is 2. The van der Waals surface area contributed by atoms with Gasteiger partial charge < -0.3 is 10.3 Å². The van der Waals surface area contributed by atoms with Crippen LogP contribution in [0.4, 0.5) is 0 Å². The molecular formula is C24H29N3O. The van der Waals surface area contributed by atoms with Gasteiger partial charge in [-0.15, -0.1) is 0 Å². The Balaban J connectivity index is 1.23. The van der Waals surface area contributed by atoms with Crippen molar-refractivity contribution in [2.45, 2.75) is 31.6 Å². The quantitative estimate of drug-likeness (QED) is 0.611. The highest BCUT2D eigenvalue weighted by Gasteiger charge is 2.23. The van der Waals surface area contributed by atoms with Crippen LogP contribution in [0.5, 0.6) is 0 Å². The molecule has 4 nitrogen and oxygen atoms in total. The lowest BCUT2D eigenvalue weighted by molar-refractivity contribution is -0.122. The molecule has 3 aromatic rings. The predicted molar refractivity (Wildman–Crippen MR) is 114 cm³/mol. The van der Waals surface area contributed by atoms with Crippen LogP contribution in [0.2, 0.25) is 0 Å². The Morgan fingerprint density at radius 1 is 1.11 bits per heavy atom. The number of likely N-dealkylation sites (tertiary alicyclic amines) is 1. The third-order valence-electron chi connectivity index (χ3n) is 5.67. The smallest absolute Gasteiger partial charge is 0.234 e. The number of hydrogen-bond donors (Lipinski definition) is 2. The number of fused-ring (bicyclic) bond motifs is 1. The van der Waals surface area contributed by atoms with Crippen molar-refractivity contribution in [3.05, 3.63) is 71.9 Å². The summed E-state index contributed by atoms with van der Waals surface area (Å²) in [6.07, 6.45) is 4.31. The SMILES string of the molecule is O=C(CN1CCC[C@H](c2cc3ccccc3[nH]2)C1)NCCCc1ccccc1. The highest BCUT2D eigenvalue weighted by molar-refractivity contribution is 5.80. The van der Waals surface area contributed by atoms with Crippen molar-refractivity contribution in [3.63, 3.8) is 0 Å². The van der Waals surface area contributed by atoms with Crippen LogP contribution < -0.4 is 5.32 Å². The average Bonchev–Trinajstić information content (AvgIpc) is 3.17. The predicted octanol–water partition coefficient (Wildman–Crippen LogP) is 4.10. The highest BCUT2D eigenvalue weighted by Crippen LogP contribution is 2.28. The second-order valence-electron chi connectivity index (χ2n) is 7.83. The Kier molecular flexibility index (Phi) is 6.07. The first-order valence-electron chi connectivity index (χ1n) is 10.4. The largest absolute Gasteiger partial charge is 0.358 e. The maximum Gasteiger partial charge on any atom is 0.234 e. The molecule has 1 amide bonds. The number of amides is 1. The van der Waals surface area contributed by atoms with Gasteiger partial charge in [0.05, 0.1) is 6.54 Å². The lowest BCUT2D eigenvalue weighted by Crippen LogP contribution is -2.42. The first kappa shape index (κ1) is 18.8. The van der Waals surface area contributed by atoms with Crippen LogP contribution in [-0.4, -0.2) is 42.0 Å². The molecule has 0 unspecified atom stereocenters. The van der Waals surface area contributed by atoms with E-state index >= 15 is 0 Å². The molecule has 1 aromatic heterocycles. The fourth-order valence-electron chi connectivity index (χ4n) is 4.19. The number of nitrogens with zero attached hydrogens (tertiary/aromatic N) is 1. The molecule has 0 aliphatic carbocycles. The van der Waals surface area contributed by atoms with Gasteiger partial charge in [-0.2, -0.15) is 0 Å². The molecule has 1 fully saturated rings. The molecule has 28 heavy (non-hydrogen) atoms. The summed E-state index contributed by atoms with van der Waals surface area (Å²) in [4.78, 5) is 18.2. The molecule has 1 saturated heterocycles. The Labute approximate surface area is 166 Å². The number of para-hydroxylation sites is 1. The fraction of sp³-hybridized carbons (Fsp3) is 0.375. The second kappa shape index (κ2) is 9.07. The topological polar surface area (TPSA) is 48.1 Å². The van der Waals surface area contributed by atoms with Gasteiger partial charge in [-0.3, -0.25) is 9.69 Å². The van der Waals surface area contributed by atoms with E-state index in [1.54, 1.807) is 0 Å². The summed E-state index contributed by atoms with van der Waals surface area (Å²) in [6, 6.07) is 21.1. The zero-order chi connectivity index (χ0) is 19.2. The normalized spacial score (nSPS) is 17.6. The van der Waals surface area contributed by atoms with E-state index in [0.717, 1.165) is 38.9 Å². The molecule has 1 atom stereocenters. The van der Waals surface area contributed by atoms with Crippen molar-refractivity contribution >= 4 is 16.8 Å². The number of aromatic amines is 1. The maximum absolute atomic E-state index is 12.3. The fourth-order valence-corrected chi connectivity index (χ4v) is 4.19. The van der Waals surface area contributed by atoms with Crippen molar-refractivity contribution in [3.8, 4) is 0 Å². The number of rotatable bonds is 7. The zero-order valence-corrected chi connectivity index (χ0v) is 16.4. The molecule has 4 heteroatoms. The van der Waals surface area contributed by atoms with Crippen molar-refractivity contribution in [1.82, 2.24) is 15.2 Å². The number of H-pyrrole nitrogens is 1. The van der Waals surface area contributed by atoms with Crippen LogP contribution in [0.1, 0.15) is 36.4 Å². The van der Waals surface area contributed by atoms with Gasteiger partial charge in [0.25, 0.3) is 0 Å². The second-order valence-corrected chi connectivity index (χ2v) is 7.83. The van der Waals surface area contributed by atoms with E-state index in [1.807, 2.05) is 6.07 Å². The van der Waals surface area contributed by atoms with E-state index in [2.05, 4.69) is 69.8 Å². The molecule has 1 aliphatic rings. The van der Waals surface area contributed by atoms with E-state index in [9.17, 15) is 4.79 Å². The molecule has 2 N–H and O–H groups in total. The van der Waals surface area contributed by atoms with Gasteiger partial charge >= 0.3 is 0 Å². The molecule has 0 saturated carbocycles. The molecule has 0 bridgehead atoms. The monoisotopic (exact) mass is 375 g/mol. The van der Waals surface area contributed by atoms with Gasteiger partial charge in [-0.05, 0) is 55.3 Å². The van der Waals surface area contributed by atoms with E-state index < -0.39 is 0 Å². The van der Waals surface area contributed by atoms with Crippen LogP contribution in [-0.2, 0) is 11.2 Å². The maximum atomic E-state index is 12.3. The van der Waals surface area contributed by atoms with E-state index in [0.29, 0.717) is 12.5 Å². The number of carbonyl (C=O) groups is 1. The summed E-state index contributed by atoms with van der Waals surface area (Å²) in [5.41, 5.74) is 3.83. The third-order valence-corrected chi connectivity index (χ3v) is 5.67. The summed E-state index contributed by atoms with van der Waals surface area (Å²) >= 11 is 0. The number of carbonyl (C=O) groups excluding carboxylic acids is 1. The number of piperidine rings is 1. The lowest BCUT2D eigenvalue weighted by Gasteiger charge is -2.31. The van der Waals surface area contributed by atoms with Crippen molar-refractivity contribution < 1.29 is 4.79 Å². The first-order chi connectivity index (χ1) is 13.8. The molecule has 2 heterocycles. The summed E-state index contributed by atoms with van der Waals surface area (Å²) in [6.45, 7) is 3.20. The summed E-state index contributed by atoms with van der Waals surface area (Å²) in [5, 5.41) is 4.36. The summed E-state index contributed by atoms with van der Waals surface area (Å²) in [7, 11) is 0. The van der Waals surface area contributed by atoms with Gasteiger partial charge in [0.1, 0.15) is 0 Å². The number of aromatic nitrogens is 1. The van der Waals surface area contributed by atoms with Gasteiger partial charge in [-0.25, -0.2) is 0 Å². The van der Waals surface area contributed by atoms with Crippen LogP contribution in [0.25, 0.3) is 10.9 Å². The van der Waals surface area contributed by atoms with Crippen LogP contribution >= 0.6 is 0 Å². The Morgan fingerprint density at radius 3 is 2.79 bits per heavy atom. The molecule has 0 spiro atoms. The van der Waals surface area contributed by atoms with Crippen molar-refractivity contribution in [1.29, 1.82) is 0 Å². The Morgan fingerprint density at radius 2 is 1.93 bits per heavy atom. The van der Waals surface area contributed by atoms with Crippen molar-refractivity contribution in [2.75, 3.05) is 26.2 Å². The summed E-state index contributed by atoms with van der Waals surface area (Å²) < 4.78 is 0. The van der Waals surface area contributed by atoms with E-state index in [4.69, 9.17) is 0 Å². The Bertz CT molecular complexity index is 869. The minimum atomic E-state index is 0.144. The Hall–Kier alpha value is -2.59. The lowest BCUT2D eigenvalue weighted by atomic mass is 9.95. The summed E-state index contributed by atoms with van der Waals surface area (Å²) in [5.74, 6) is 0.623. The molecule has 1 aliphatic heterocycles. The van der Waals surface area contributed by atoms with Crippen molar-refractivity contribution in [2.24, 2.45) is 0 Å². The number of nitrogens with one attached hydrogen (secondary N) is 2.